The molecule has 0 fully saturated rings. The molecule has 0 saturated carbocycles. The van der Waals surface area contributed by atoms with E-state index < -0.39 is 0 Å². The molecule has 0 bridgehead atoms. The van der Waals surface area contributed by atoms with Crippen LogP contribution < -0.4 is 10.2 Å². The van der Waals surface area contributed by atoms with Gasteiger partial charge in [0, 0.05) is 5.69 Å². The summed E-state index contributed by atoms with van der Waals surface area (Å²) < 4.78 is 5.32. The molecule has 2 rings (SSSR count). The molecule has 0 aliphatic heterocycles. The molecular formula is C15H17N2O+. The van der Waals surface area contributed by atoms with Crippen LogP contribution in [0.25, 0.3) is 0 Å². The number of para-hydroxylation sites is 1. The minimum absolute atomic E-state index is 0. The third kappa shape index (κ3) is 3.17. The van der Waals surface area contributed by atoms with Crippen molar-refractivity contribution in [1.29, 1.82) is 5.41 Å². The Balaban J connectivity index is 0.00000180. The van der Waals surface area contributed by atoms with E-state index in [4.69, 9.17) is 10.1 Å². The van der Waals surface area contributed by atoms with Crippen molar-refractivity contribution < 1.29 is 6.16 Å². The first-order chi connectivity index (χ1) is 8.79. The van der Waals surface area contributed by atoms with Gasteiger partial charge >= 0.3 is 1.43 Å². The van der Waals surface area contributed by atoms with Crippen molar-refractivity contribution in [3.05, 3.63) is 65.3 Å². The SMILES string of the molecule is COc1ccccc1CCc1ccccc(=N)n1.[H+]. The lowest BCUT2D eigenvalue weighted by Gasteiger charge is -2.06. The molecule has 1 N–H and O–H groups in total. The first-order valence-corrected chi connectivity index (χ1v) is 5.92. The van der Waals surface area contributed by atoms with Crippen LogP contribution in [0.3, 0.4) is 0 Å². The maximum atomic E-state index is 7.58. The monoisotopic (exact) mass is 241 g/mol. The third-order valence-electron chi connectivity index (χ3n) is 2.76. The molecule has 0 radical (unpaired) electrons. The molecule has 0 amide bonds. The molecular weight excluding hydrogens is 224 g/mol. The largest absolute Gasteiger partial charge is 1.00 e. The lowest BCUT2D eigenvalue weighted by Crippen LogP contribution is -2.04. The van der Waals surface area contributed by atoms with Crippen molar-refractivity contribution in [1.82, 2.24) is 4.98 Å². The number of ether oxygens (including phenoxy) is 1. The number of aromatic nitrogens is 1. The highest BCUT2D eigenvalue weighted by Gasteiger charge is 2.02. The Morgan fingerprint density at radius 1 is 1.06 bits per heavy atom. The van der Waals surface area contributed by atoms with Crippen molar-refractivity contribution >= 4 is 0 Å². The molecule has 0 spiro atoms. The zero-order valence-electron chi connectivity index (χ0n) is 11.4. The molecule has 1 aromatic carbocycles. The van der Waals surface area contributed by atoms with Crippen LogP contribution in [0, 0.1) is 5.41 Å². The predicted molar refractivity (Wildman–Crippen MR) is 71.6 cm³/mol. The minimum atomic E-state index is 0. The standard InChI is InChI=1S/C15H16N2O/c1-18-14-8-4-2-6-12(14)10-11-13-7-3-5-9-15(16)17-13/h2-9,16H,10-11H2,1H3/p+1. The summed E-state index contributed by atoms with van der Waals surface area (Å²) in [7, 11) is 1.68. The van der Waals surface area contributed by atoms with Crippen LogP contribution in [0.15, 0.2) is 48.5 Å². The second-order valence-corrected chi connectivity index (χ2v) is 4.02. The Labute approximate surface area is 108 Å². The average molecular weight is 241 g/mol. The highest BCUT2D eigenvalue weighted by Crippen LogP contribution is 2.18. The topological polar surface area (TPSA) is 46.0 Å². The van der Waals surface area contributed by atoms with Gasteiger partial charge in [-0.05, 0) is 36.6 Å². The van der Waals surface area contributed by atoms with Gasteiger partial charge < -0.3 is 4.74 Å². The number of hydrogen-bond acceptors (Lipinski definition) is 3. The molecule has 1 heterocycles. The molecule has 0 aliphatic rings. The van der Waals surface area contributed by atoms with Crippen LogP contribution >= 0.6 is 0 Å². The average Bonchev–Trinajstić information content (AvgIpc) is 2.61. The number of aryl methyl sites for hydroxylation is 2. The summed E-state index contributed by atoms with van der Waals surface area (Å²) in [5.41, 5.74) is 2.39. The summed E-state index contributed by atoms with van der Waals surface area (Å²) in [6, 6.07) is 15.4. The lowest BCUT2D eigenvalue weighted by atomic mass is 10.1. The highest BCUT2D eigenvalue weighted by molar-refractivity contribution is 5.33. The van der Waals surface area contributed by atoms with Crippen LogP contribution in [0.1, 0.15) is 12.7 Å². The van der Waals surface area contributed by atoms with E-state index in [0.29, 0.717) is 5.49 Å². The molecule has 0 unspecified atom stereocenters. The summed E-state index contributed by atoms with van der Waals surface area (Å²) in [6.45, 7) is 0. The van der Waals surface area contributed by atoms with E-state index in [1.165, 1.54) is 5.56 Å². The van der Waals surface area contributed by atoms with Crippen LogP contribution in [0.5, 0.6) is 5.75 Å². The smallest absolute Gasteiger partial charge is 0.496 e. The van der Waals surface area contributed by atoms with Crippen LogP contribution in [-0.4, -0.2) is 12.1 Å². The molecule has 0 atom stereocenters. The van der Waals surface area contributed by atoms with Gasteiger partial charge in [-0.1, -0.05) is 30.3 Å². The molecule has 18 heavy (non-hydrogen) atoms. The van der Waals surface area contributed by atoms with E-state index in [-0.39, 0.29) is 1.43 Å². The van der Waals surface area contributed by atoms with E-state index in [2.05, 4.69) is 11.1 Å². The molecule has 3 nitrogen and oxygen atoms in total. The van der Waals surface area contributed by atoms with Gasteiger partial charge in [-0.15, -0.1) is 0 Å². The maximum Gasteiger partial charge on any atom is 1.00 e. The van der Waals surface area contributed by atoms with Crippen molar-refractivity contribution in [3.63, 3.8) is 0 Å². The van der Waals surface area contributed by atoms with Crippen LogP contribution in [0.2, 0.25) is 0 Å². The number of rotatable bonds is 4. The quantitative estimate of drug-likeness (QED) is 0.893. The number of hydrogen-bond donors (Lipinski definition) is 1. The Morgan fingerprint density at radius 3 is 2.61 bits per heavy atom. The number of nitrogens with zero attached hydrogens (tertiary/aromatic N) is 1. The van der Waals surface area contributed by atoms with Gasteiger partial charge in [-0.25, -0.2) is 4.98 Å². The van der Waals surface area contributed by atoms with Crippen molar-refractivity contribution in [3.8, 4) is 5.75 Å². The normalized spacial score (nSPS) is 10.1. The second kappa shape index (κ2) is 5.96. The number of nitrogens with one attached hydrogen (secondary N) is 1. The van der Waals surface area contributed by atoms with Gasteiger partial charge in [0.15, 0.2) is 0 Å². The van der Waals surface area contributed by atoms with E-state index >= 15 is 0 Å². The van der Waals surface area contributed by atoms with Crippen LogP contribution in [-0.2, 0) is 12.8 Å². The lowest BCUT2D eigenvalue weighted by molar-refractivity contribution is 0.409. The van der Waals surface area contributed by atoms with Gasteiger partial charge in [0.25, 0.3) is 0 Å². The van der Waals surface area contributed by atoms with Gasteiger partial charge in [0.2, 0.25) is 0 Å². The predicted octanol–water partition coefficient (Wildman–Crippen LogP) is 2.47. The fraction of sp³-hybridized carbons (Fsp3) is 0.200. The van der Waals surface area contributed by atoms with Gasteiger partial charge in [0.1, 0.15) is 11.2 Å². The summed E-state index contributed by atoms with van der Waals surface area (Å²) in [4.78, 5) is 4.23. The molecule has 1 aromatic heterocycles. The first kappa shape index (κ1) is 12.3. The zero-order valence-corrected chi connectivity index (χ0v) is 10.4. The fourth-order valence-corrected chi connectivity index (χ4v) is 1.85. The van der Waals surface area contributed by atoms with Gasteiger partial charge in [-0.2, -0.15) is 0 Å². The van der Waals surface area contributed by atoms with Crippen LogP contribution in [0.4, 0.5) is 0 Å². The summed E-state index contributed by atoms with van der Waals surface area (Å²) in [5, 5.41) is 7.58. The van der Waals surface area contributed by atoms with E-state index in [9.17, 15) is 0 Å². The maximum absolute atomic E-state index is 7.58. The van der Waals surface area contributed by atoms with E-state index in [1.54, 1.807) is 13.2 Å². The molecule has 0 aliphatic carbocycles. The summed E-state index contributed by atoms with van der Waals surface area (Å²) in [5.74, 6) is 0.906. The van der Waals surface area contributed by atoms with Gasteiger partial charge in [0.05, 0.1) is 7.11 Å². The number of methoxy groups -OCH3 is 1. The molecule has 3 heteroatoms. The zero-order chi connectivity index (χ0) is 12.8. The second-order valence-electron chi connectivity index (χ2n) is 4.02. The Bertz CT molecular complexity index is 587. The fourth-order valence-electron chi connectivity index (χ4n) is 1.85. The first-order valence-electron chi connectivity index (χ1n) is 5.92. The van der Waals surface area contributed by atoms with Crippen molar-refractivity contribution in [2.24, 2.45) is 0 Å². The Morgan fingerprint density at radius 2 is 1.78 bits per heavy atom. The van der Waals surface area contributed by atoms with E-state index in [0.717, 1.165) is 24.3 Å². The van der Waals surface area contributed by atoms with Crippen molar-refractivity contribution in [2.45, 2.75) is 12.8 Å². The third-order valence-corrected chi connectivity index (χ3v) is 2.76. The molecule has 2 aromatic rings. The number of benzene rings is 1. The summed E-state index contributed by atoms with van der Waals surface area (Å²) in [6.07, 6.45) is 1.67. The highest BCUT2D eigenvalue weighted by atomic mass is 16.5. The van der Waals surface area contributed by atoms with E-state index in [1.807, 2.05) is 36.4 Å². The van der Waals surface area contributed by atoms with Crippen molar-refractivity contribution in [2.75, 3.05) is 7.11 Å². The van der Waals surface area contributed by atoms with Gasteiger partial charge in [-0.3, -0.25) is 5.41 Å². The minimum Gasteiger partial charge on any atom is -0.496 e. The Hall–Kier alpha value is -2.16. The molecule has 0 saturated heterocycles. The molecule has 92 valence electrons. The Kier molecular flexibility index (Phi) is 4.07. The summed E-state index contributed by atoms with van der Waals surface area (Å²) >= 11 is 0.